The van der Waals surface area contributed by atoms with Crippen LogP contribution in [0.25, 0.3) is 0 Å². The first-order valence-electron chi connectivity index (χ1n) is 6.04. The first kappa shape index (κ1) is 15.7. The molecule has 0 amide bonds. The molecule has 5 nitrogen and oxygen atoms in total. The Kier molecular flexibility index (Phi) is 5.98. The van der Waals surface area contributed by atoms with Gasteiger partial charge in [0.1, 0.15) is 5.75 Å². The minimum atomic E-state index is -3.42. The summed E-state index contributed by atoms with van der Waals surface area (Å²) >= 11 is 0. The van der Waals surface area contributed by atoms with Gasteiger partial charge in [0.2, 0.25) is 0 Å². The number of hydrogen-bond donors (Lipinski definition) is 0. The van der Waals surface area contributed by atoms with Gasteiger partial charge in [-0.3, -0.25) is 8.98 Å². The molecule has 1 aromatic rings. The molecule has 0 bridgehead atoms. The summed E-state index contributed by atoms with van der Waals surface area (Å²) in [4.78, 5) is 11.3. The van der Waals surface area contributed by atoms with Crippen molar-refractivity contribution in [2.45, 2.75) is 26.2 Å². The number of rotatable bonds is 7. The Morgan fingerprint density at radius 3 is 2.68 bits per heavy atom. The van der Waals surface area contributed by atoms with Crippen LogP contribution in [-0.4, -0.2) is 27.2 Å². The molecule has 0 saturated heterocycles. The lowest BCUT2D eigenvalue weighted by atomic mass is 10.1. The van der Waals surface area contributed by atoms with Crippen LogP contribution in [0.2, 0.25) is 0 Å². The lowest BCUT2D eigenvalue weighted by Gasteiger charge is -2.06. The van der Waals surface area contributed by atoms with E-state index in [4.69, 9.17) is 4.74 Å². The van der Waals surface area contributed by atoms with Crippen LogP contribution in [0.4, 0.5) is 0 Å². The zero-order valence-corrected chi connectivity index (χ0v) is 11.9. The van der Waals surface area contributed by atoms with Crippen molar-refractivity contribution < 1.29 is 22.1 Å². The number of carbonyl (C=O) groups excluding carboxylic acids is 1. The van der Waals surface area contributed by atoms with Gasteiger partial charge < -0.3 is 4.74 Å². The van der Waals surface area contributed by atoms with E-state index in [1.54, 1.807) is 18.2 Å². The minimum absolute atomic E-state index is 0.0746. The van der Waals surface area contributed by atoms with Gasteiger partial charge in [0.05, 0.1) is 12.9 Å². The maximum atomic E-state index is 11.3. The third kappa shape index (κ3) is 6.93. The van der Waals surface area contributed by atoms with Gasteiger partial charge in [0, 0.05) is 6.42 Å². The summed E-state index contributed by atoms with van der Waals surface area (Å²) in [6, 6.07) is 6.97. The van der Waals surface area contributed by atoms with Gasteiger partial charge in [-0.2, -0.15) is 8.42 Å². The van der Waals surface area contributed by atoms with Crippen molar-refractivity contribution >= 4 is 16.1 Å². The van der Waals surface area contributed by atoms with Gasteiger partial charge in [0.15, 0.2) is 0 Å². The van der Waals surface area contributed by atoms with Crippen LogP contribution in [0.5, 0.6) is 5.75 Å². The van der Waals surface area contributed by atoms with Crippen LogP contribution in [0, 0.1) is 0 Å². The topological polar surface area (TPSA) is 69.7 Å². The highest BCUT2D eigenvalue weighted by molar-refractivity contribution is 7.85. The van der Waals surface area contributed by atoms with E-state index in [-0.39, 0.29) is 12.6 Å². The smallest absolute Gasteiger partial charge is 0.311 e. The van der Waals surface area contributed by atoms with E-state index in [2.05, 4.69) is 4.18 Å². The second kappa shape index (κ2) is 7.25. The average molecular weight is 286 g/mol. The summed E-state index contributed by atoms with van der Waals surface area (Å²) in [5, 5.41) is 0. The van der Waals surface area contributed by atoms with Crippen molar-refractivity contribution in [3.63, 3.8) is 0 Å². The molecule has 0 N–H and O–H groups in total. The first-order chi connectivity index (χ1) is 8.90. The van der Waals surface area contributed by atoms with Crippen LogP contribution in [0.15, 0.2) is 24.3 Å². The maximum Gasteiger partial charge on any atom is 0.311 e. The highest BCUT2D eigenvalue weighted by Gasteiger charge is 2.05. The van der Waals surface area contributed by atoms with Gasteiger partial charge in [-0.25, -0.2) is 0 Å². The second-order valence-corrected chi connectivity index (χ2v) is 5.79. The average Bonchev–Trinajstić information content (AvgIpc) is 2.28. The van der Waals surface area contributed by atoms with E-state index in [9.17, 15) is 13.2 Å². The first-order valence-corrected chi connectivity index (χ1v) is 7.86. The standard InChI is InChI=1S/C13H18O5S/c1-3-5-13(14)18-12-7-4-6-11(10-12)8-9-17-19(2,15)16/h4,6-7,10H,3,5,8-9H2,1-2H3. The van der Waals surface area contributed by atoms with Crippen molar-refractivity contribution in [3.8, 4) is 5.75 Å². The molecule has 0 aromatic heterocycles. The van der Waals surface area contributed by atoms with E-state index >= 15 is 0 Å². The summed E-state index contributed by atoms with van der Waals surface area (Å²) < 4.78 is 31.4. The highest BCUT2D eigenvalue weighted by atomic mass is 32.2. The summed E-state index contributed by atoms with van der Waals surface area (Å²) in [6.07, 6.45) is 2.56. The van der Waals surface area contributed by atoms with Crippen molar-refractivity contribution in [1.29, 1.82) is 0 Å². The zero-order chi connectivity index (χ0) is 14.3. The Bertz CT molecular complexity index is 522. The molecule has 19 heavy (non-hydrogen) atoms. The molecule has 1 aromatic carbocycles. The third-order valence-electron chi connectivity index (χ3n) is 2.27. The largest absolute Gasteiger partial charge is 0.427 e. The molecule has 0 saturated carbocycles. The van der Waals surface area contributed by atoms with Gasteiger partial charge >= 0.3 is 5.97 Å². The third-order valence-corrected chi connectivity index (χ3v) is 2.87. The molecule has 0 aliphatic heterocycles. The molecule has 0 aliphatic carbocycles. The van der Waals surface area contributed by atoms with Crippen molar-refractivity contribution in [2.75, 3.05) is 12.9 Å². The number of esters is 1. The number of carbonyl (C=O) groups is 1. The van der Waals surface area contributed by atoms with E-state index in [1.165, 1.54) is 0 Å². The molecule has 0 atom stereocenters. The Morgan fingerprint density at radius 2 is 2.05 bits per heavy atom. The second-order valence-electron chi connectivity index (χ2n) is 4.15. The molecule has 0 aliphatic rings. The fourth-order valence-corrected chi connectivity index (χ4v) is 1.85. The van der Waals surface area contributed by atoms with Gasteiger partial charge in [-0.15, -0.1) is 0 Å². The van der Waals surface area contributed by atoms with Crippen LogP contribution in [0.1, 0.15) is 25.3 Å². The van der Waals surface area contributed by atoms with Crippen LogP contribution in [-0.2, 0) is 25.5 Å². The monoisotopic (exact) mass is 286 g/mol. The van der Waals surface area contributed by atoms with Gasteiger partial charge in [0.25, 0.3) is 10.1 Å². The van der Waals surface area contributed by atoms with Crippen molar-refractivity contribution in [2.24, 2.45) is 0 Å². The molecular weight excluding hydrogens is 268 g/mol. The number of ether oxygens (including phenoxy) is 1. The quantitative estimate of drug-likeness (QED) is 0.435. The molecular formula is C13H18O5S. The summed E-state index contributed by atoms with van der Waals surface area (Å²) in [7, 11) is -3.42. The summed E-state index contributed by atoms with van der Waals surface area (Å²) in [6.45, 7) is 1.98. The Morgan fingerprint density at radius 1 is 1.32 bits per heavy atom. The lowest BCUT2D eigenvalue weighted by Crippen LogP contribution is -2.08. The highest BCUT2D eigenvalue weighted by Crippen LogP contribution is 2.15. The fraction of sp³-hybridized carbons (Fsp3) is 0.462. The predicted molar refractivity (Wildman–Crippen MR) is 71.5 cm³/mol. The maximum absolute atomic E-state index is 11.3. The van der Waals surface area contributed by atoms with Crippen LogP contribution in [0.3, 0.4) is 0 Å². The van der Waals surface area contributed by atoms with E-state index in [0.29, 0.717) is 18.6 Å². The van der Waals surface area contributed by atoms with Gasteiger partial charge in [-0.1, -0.05) is 19.1 Å². The normalized spacial score (nSPS) is 11.3. The molecule has 0 radical (unpaired) electrons. The van der Waals surface area contributed by atoms with Crippen LogP contribution >= 0.6 is 0 Å². The van der Waals surface area contributed by atoms with Crippen LogP contribution < -0.4 is 4.74 Å². The molecule has 0 fully saturated rings. The number of benzene rings is 1. The lowest BCUT2D eigenvalue weighted by molar-refractivity contribution is -0.134. The molecule has 6 heteroatoms. The van der Waals surface area contributed by atoms with E-state index in [0.717, 1.165) is 18.2 Å². The Balaban J connectivity index is 2.54. The molecule has 106 valence electrons. The fourth-order valence-electron chi connectivity index (χ4n) is 1.46. The summed E-state index contributed by atoms with van der Waals surface area (Å²) in [5.41, 5.74) is 0.852. The van der Waals surface area contributed by atoms with Gasteiger partial charge in [-0.05, 0) is 30.5 Å². The molecule has 1 rings (SSSR count). The number of hydrogen-bond acceptors (Lipinski definition) is 5. The van der Waals surface area contributed by atoms with Crippen molar-refractivity contribution in [3.05, 3.63) is 29.8 Å². The Hall–Kier alpha value is -1.40. The SMILES string of the molecule is CCCC(=O)Oc1cccc(CCOS(C)(=O)=O)c1. The Labute approximate surface area is 113 Å². The van der Waals surface area contributed by atoms with Crippen molar-refractivity contribution in [1.82, 2.24) is 0 Å². The predicted octanol–water partition coefficient (Wildman–Crippen LogP) is 1.91. The zero-order valence-electron chi connectivity index (χ0n) is 11.1. The van der Waals surface area contributed by atoms with E-state index < -0.39 is 10.1 Å². The molecule has 0 spiro atoms. The minimum Gasteiger partial charge on any atom is -0.427 e. The summed E-state index contributed by atoms with van der Waals surface area (Å²) in [5.74, 6) is 0.197. The van der Waals surface area contributed by atoms with E-state index in [1.807, 2.05) is 13.0 Å². The molecule has 0 unspecified atom stereocenters. The molecule has 0 heterocycles.